The van der Waals surface area contributed by atoms with E-state index in [4.69, 9.17) is 5.73 Å². The fourth-order valence-corrected chi connectivity index (χ4v) is 2.38. The summed E-state index contributed by atoms with van der Waals surface area (Å²) in [5.41, 5.74) is 5.74. The Bertz CT molecular complexity index is 239. The number of amides is 1. The molecule has 0 aliphatic heterocycles. The number of hydrogen-bond acceptors (Lipinski definition) is 2. The standard InChI is InChI=1S/C14H28N2O/c1-14(2,3)12(15)13(17)16-10-9-11-7-5-4-6-8-11/h11-12H,4-10,15H2,1-3H3,(H,16,17). The van der Waals surface area contributed by atoms with Crippen molar-refractivity contribution in [3.63, 3.8) is 0 Å². The predicted molar refractivity (Wildman–Crippen MR) is 71.6 cm³/mol. The second-order valence-corrected chi connectivity index (χ2v) is 6.43. The Morgan fingerprint density at radius 3 is 2.41 bits per heavy atom. The van der Waals surface area contributed by atoms with Gasteiger partial charge >= 0.3 is 0 Å². The summed E-state index contributed by atoms with van der Waals surface area (Å²) >= 11 is 0. The van der Waals surface area contributed by atoms with Gasteiger partial charge in [0.1, 0.15) is 0 Å². The van der Waals surface area contributed by atoms with Crippen LogP contribution in [0.5, 0.6) is 0 Å². The first-order chi connectivity index (χ1) is 7.91. The van der Waals surface area contributed by atoms with E-state index in [2.05, 4.69) is 5.32 Å². The second-order valence-electron chi connectivity index (χ2n) is 6.43. The summed E-state index contributed by atoms with van der Waals surface area (Å²) in [4.78, 5) is 11.8. The van der Waals surface area contributed by atoms with Crippen molar-refractivity contribution in [1.29, 1.82) is 0 Å². The average Bonchev–Trinajstić information content (AvgIpc) is 2.28. The second kappa shape index (κ2) is 6.39. The summed E-state index contributed by atoms with van der Waals surface area (Å²) in [6.07, 6.45) is 7.89. The van der Waals surface area contributed by atoms with Gasteiger partial charge in [-0.05, 0) is 17.8 Å². The van der Waals surface area contributed by atoms with E-state index in [1.807, 2.05) is 20.8 Å². The molecule has 0 bridgehead atoms. The molecule has 0 aromatic rings. The lowest BCUT2D eigenvalue weighted by atomic mass is 9.86. The van der Waals surface area contributed by atoms with E-state index in [1.54, 1.807) is 0 Å². The third-order valence-electron chi connectivity index (χ3n) is 3.79. The Balaban J connectivity index is 2.19. The lowest BCUT2D eigenvalue weighted by Gasteiger charge is -2.26. The van der Waals surface area contributed by atoms with Gasteiger partial charge in [0.15, 0.2) is 0 Å². The van der Waals surface area contributed by atoms with Gasteiger partial charge in [0.25, 0.3) is 0 Å². The number of nitrogens with one attached hydrogen (secondary N) is 1. The van der Waals surface area contributed by atoms with Crippen LogP contribution in [0.4, 0.5) is 0 Å². The normalized spacial score (nSPS) is 20.0. The quantitative estimate of drug-likeness (QED) is 0.793. The zero-order valence-corrected chi connectivity index (χ0v) is 11.6. The number of rotatable bonds is 4. The molecule has 1 aliphatic carbocycles. The van der Waals surface area contributed by atoms with Crippen LogP contribution in [-0.2, 0) is 4.79 Å². The van der Waals surface area contributed by atoms with Crippen LogP contribution in [0.1, 0.15) is 59.3 Å². The third-order valence-corrected chi connectivity index (χ3v) is 3.79. The Labute approximate surface area is 106 Å². The van der Waals surface area contributed by atoms with Crippen molar-refractivity contribution in [2.24, 2.45) is 17.1 Å². The smallest absolute Gasteiger partial charge is 0.237 e. The zero-order valence-electron chi connectivity index (χ0n) is 11.6. The lowest BCUT2D eigenvalue weighted by molar-refractivity contribution is -0.124. The molecule has 0 spiro atoms. The number of nitrogens with two attached hydrogens (primary N) is 1. The SMILES string of the molecule is CC(C)(C)C(N)C(=O)NCCC1CCCCC1. The molecule has 3 nitrogen and oxygen atoms in total. The van der Waals surface area contributed by atoms with Gasteiger partial charge in [-0.1, -0.05) is 52.9 Å². The van der Waals surface area contributed by atoms with Crippen LogP contribution in [0.3, 0.4) is 0 Å². The van der Waals surface area contributed by atoms with Crippen molar-refractivity contribution < 1.29 is 4.79 Å². The maximum atomic E-state index is 11.8. The van der Waals surface area contributed by atoms with Crippen LogP contribution in [-0.4, -0.2) is 18.5 Å². The monoisotopic (exact) mass is 240 g/mol. The van der Waals surface area contributed by atoms with Gasteiger partial charge in [0, 0.05) is 6.54 Å². The van der Waals surface area contributed by atoms with Crippen molar-refractivity contribution in [3.8, 4) is 0 Å². The van der Waals surface area contributed by atoms with Crippen molar-refractivity contribution in [2.45, 2.75) is 65.3 Å². The summed E-state index contributed by atoms with van der Waals surface area (Å²) in [6.45, 7) is 6.78. The molecule has 0 heterocycles. The summed E-state index contributed by atoms with van der Waals surface area (Å²) in [5, 5.41) is 2.97. The van der Waals surface area contributed by atoms with Gasteiger partial charge in [-0.2, -0.15) is 0 Å². The Hall–Kier alpha value is -0.570. The molecular formula is C14H28N2O. The molecule has 0 aromatic heterocycles. The van der Waals surface area contributed by atoms with Crippen LogP contribution in [0, 0.1) is 11.3 Å². The lowest BCUT2D eigenvalue weighted by Crippen LogP contribution is -2.48. The first-order valence-electron chi connectivity index (χ1n) is 6.94. The first kappa shape index (κ1) is 14.5. The van der Waals surface area contributed by atoms with E-state index in [-0.39, 0.29) is 11.3 Å². The van der Waals surface area contributed by atoms with Crippen LogP contribution < -0.4 is 11.1 Å². The molecule has 0 saturated heterocycles. The van der Waals surface area contributed by atoms with Gasteiger partial charge in [-0.3, -0.25) is 4.79 Å². The highest BCUT2D eigenvalue weighted by molar-refractivity contribution is 5.82. The third kappa shape index (κ3) is 5.07. The van der Waals surface area contributed by atoms with Gasteiger partial charge in [0.05, 0.1) is 6.04 Å². The minimum atomic E-state index is -0.408. The molecule has 1 atom stereocenters. The van der Waals surface area contributed by atoms with Gasteiger partial charge in [-0.15, -0.1) is 0 Å². The molecule has 0 radical (unpaired) electrons. The zero-order chi connectivity index (χ0) is 12.9. The van der Waals surface area contributed by atoms with Gasteiger partial charge in [0.2, 0.25) is 5.91 Å². The van der Waals surface area contributed by atoms with E-state index in [0.717, 1.165) is 18.9 Å². The Kier molecular flexibility index (Phi) is 5.44. The Morgan fingerprint density at radius 2 is 1.88 bits per heavy atom. The molecule has 3 N–H and O–H groups in total. The van der Waals surface area contributed by atoms with E-state index in [9.17, 15) is 4.79 Å². The number of carbonyl (C=O) groups excluding carboxylic acids is 1. The summed E-state index contributed by atoms with van der Waals surface area (Å²) < 4.78 is 0. The maximum Gasteiger partial charge on any atom is 0.237 e. The predicted octanol–water partition coefficient (Wildman–Crippen LogP) is 2.45. The molecule has 1 fully saturated rings. The minimum absolute atomic E-state index is 0.00619. The molecule has 100 valence electrons. The molecule has 1 unspecified atom stereocenters. The van der Waals surface area contributed by atoms with E-state index in [1.165, 1.54) is 32.1 Å². The van der Waals surface area contributed by atoms with E-state index < -0.39 is 6.04 Å². The van der Waals surface area contributed by atoms with Crippen LogP contribution >= 0.6 is 0 Å². The first-order valence-corrected chi connectivity index (χ1v) is 6.94. The van der Waals surface area contributed by atoms with Crippen molar-refractivity contribution in [2.75, 3.05) is 6.54 Å². The highest BCUT2D eigenvalue weighted by atomic mass is 16.2. The number of hydrogen-bond donors (Lipinski definition) is 2. The van der Waals surface area contributed by atoms with Crippen molar-refractivity contribution in [3.05, 3.63) is 0 Å². The summed E-state index contributed by atoms with van der Waals surface area (Å²) in [6, 6.07) is -0.408. The highest BCUT2D eigenvalue weighted by Gasteiger charge is 2.27. The summed E-state index contributed by atoms with van der Waals surface area (Å²) in [7, 11) is 0. The number of carbonyl (C=O) groups is 1. The summed E-state index contributed by atoms with van der Waals surface area (Å²) in [5.74, 6) is 0.809. The fourth-order valence-electron chi connectivity index (χ4n) is 2.38. The van der Waals surface area contributed by atoms with Gasteiger partial charge in [-0.25, -0.2) is 0 Å². The van der Waals surface area contributed by atoms with Crippen molar-refractivity contribution in [1.82, 2.24) is 5.32 Å². The maximum absolute atomic E-state index is 11.8. The van der Waals surface area contributed by atoms with E-state index >= 15 is 0 Å². The highest BCUT2D eigenvalue weighted by Crippen LogP contribution is 2.25. The topological polar surface area (TPSA) is 55.1 Å². The molecule has 1 saturated carbocycles. The van der Waals surface area contributed by atoms with Gasteiger partial charge < -0.3 is 11.1 Å². The van der Waals surface area contributed by atoms with Crippen LogP contribution in [0.2, 0.25) is 0 Å². The minimum Gasteiger partial charge on any atom is -0.355 e. The Morgan fingerprint density at radius 1 is 1.29 bits per heavy atom. The molecular weight excluding hydrogens is 212 g/mol. The molecule has 0 aromatic carbocycles. The molecule has 3 heteroatoms. The fraction of sp³-hybridized carbons (Fsp3) is 0.929. The molecule has 1 aliphatic rings. The molecule has 17 heavy (non-hydrogen) atoms. The molecule has 1 amide bonds. The molecule has 1 rings (SSSR count). The van der Waals surface area contributed by atoms with Crippen molar-refractivity contribution >= 4 is 5.91 Å². The largest absolute Gasteiger partial charge is 0.355 e. The average molecular weight is 240 g/mol. The van der Waals surface area contributed by atoms with Crippen LogP contribution in [0.25, 0.3) is 0 Å². The van der Waals surface area contributed by atoms with Crippen LogP contribution in [0.15, 0.2) is 0 Å². The van der Waals surface area contributed by atoms with E-state index in [0.29, 0.717) is 0 Å².